The van der Waals surface area contributed by atoms with Crippen molar-refractivity contribution in [3.63, 3.8) is 0 Å². The first-order valence-corrected chi connectivity index (χ1v) is 15.4. The Bertz CT molecular complexity index is 895. The predicted molar refractivity (Wildman–Crippen MR) is 138 cm³/mol. The molecule has 1 amide bonds. The number of esters is 2. The molecule has 0 saturated heterocycles. The summed E-state index contributed by atoms with van der Waals surface area (Å²) in [6.07, 6.45) is -1.57. The lowest BCUT2D eigenvalue weighted by Crippen LogP contribution is -2.47. The minimum absolute atomic E-state index is 0.0553. The zero-order valence-electron chi connectivity index (χ0n) is 23.2. The van der Waals surface area contributed by atoms with Gasteiger partial charge in [-0.15, -0.1) is 11.3 Å². The van der Waals surface area contributed by atoms with E-state index in [-0.39, 0.29) is 17.2 Å². The molecule has 0 radical (unpaired) electrons. The van der Waals surface area contributed by atoms with Gasteiger partial charge in [-0.05, 0) is 59.7 Å². The van der Waals surface area contributed by atoms with E-state index in [1.165, 1.54) is 18.4 Å². The fourth-order valence-electron chi connectivity index (χ4n) is 2.61. The first-order valence-electron chi connectivity index (χ1n) is 11.6. The van der Waals surface area contributed by atoms with Crippen LogP contribution in [0.4, 0.5) is 4.79 Å². The molecule has 0 aromatic carbocycles. The van der Waals surface area contributed by atoms with Crippen LogP contribution in [0, 0.1) is 0 Å². The molecule has 1 rings (SSSR count). The van der Waals surface area contributed by atoms with E-state index in [9.17, 15) is 14.4 Å². The van der Waals surface area contributed by atoms with Crippen LogP contribution in [0.5, 0.6) is 0 Å². The van der Waals surface area contributed by atoms with E-state index in [1.54, 1.807) is 46.9 Å². The van der Waals surface area contributed by atoms with Gasteiger partial charge >= 0.3 is 18.0 Å². The second kappa shape index (κ2) is 11.4. The Kier molecular flexibility index (Phi) is 10.1. The molecule has 0 aliphatic rings. The van der Waals surface area contributed by atoms with Crippen LogP contribution in [-0.4, -0.2) is 55.7 Å². The van der Waals surface area contributed by atoms with Crippen molar-refractivity contribution in [3.05, 3.63) is 16.1 Å². The number of thiazole rings is 1. The van der Waals surface area contributed by atoms with E-state index in [4.69, 9.17) is 18.6 Å². The smallest absolute Gasteiger partial charge is 0.408 e. The molecule has 0 saturated carbocycles. The maximum absolute atomic E-state index is 12.7. The number of ether oxygens (including phenoxy) is 3. The second-order valence-corrected chi connectivity index (χ2v) is 17.5. The summed E-state index contributed by atoms with van der Waals surface area (Å²) >= 11 is 1.18. The third kappa shape index (κ3) is 10.3. The predicted octanol–water partition coefficient (Wildman–Crippen LogP) is 5.62. The molecule has 0 spiro atoms. The van der Waals surface area contributed by atoms with Crippen molar-refractivity contribution in [2.24, 2.45) is 0 Å². The van der Waals surface area contributed by atoms with E-state index in [0.29, 0.717) is 5.01 Å². The van der Waals surface area contributed by atoms with Crippen LogP contribution in [0.15, 0.2) is 5.38 Å². The Balaban J connectivity index is 3.32. The molecule has 0 unspecified atom stereocenters. The fraction of sp³-hybridized carbons (Fsp3) is 0.750. The van der Waals surface area contributed by atoms with Gasteiger partial charge in [0.2, 0.25) is 0 Å². The molecule has 1 N–H and O–H groups in total. The van der Waals surface area contributed by atoms with Gasteiger partial charge in [-0.3, -0.25) is 0 Å². The van der Waals surface area contributed by atoms with Gasteiger partial charge < -0.3 is 24.0 Å². The zero-order valence-corrected chi connectivity index (χ0v) is 25.0. The number of hydrogen-bond donors (Lipinski definition) is 1. The molecule has 200 valence electrons. The molecular formula is C24H42N2O7SSi. The van der Waals surface area contributed by atoms with Crippen molar-refractivity contribution in [2.45, 2.75) is 110 Å². The molecule has 9 nitrogen and oxygen atoms in total. The third-order valence-corrected chi connectivity index (χ3v) is 10.7. The van der Waals surface area contributed by atoms with Gasteiger partial charge in [-0.25, -0.2) is 19.4 Å². The first kappa shape index (κ1) is 31.0. The molecule has 1 aromatic heterocycles. The molecule has 11 heteroatoms. The largest absolute Gasteiger partial charge is 0.467 e. The van der Waals surface area contributed by atoms with E-state index >= 15 is 0 Å². The Labute approximate surface area is 214 Å². The number of rotatable bonds is 8. The molecule has 1 aromatic rings. The highest BCUT2D eigenvalue weighted by Gasteiger charge is 2.42. The van der Waals surface area contributed by atoms with E-state index in [0.717, 1.165) is 0 Å². The van der Waals surface area contributed by atoms with Gasteiger partial charge in [-0.2, -0.15) is 0 Å². The highest BCUT2D eigenvalue weighted by molar-refractivity contribution is 7.09. The lowest BCUT2D eigenvalue weighted by molar-refractivity contribution is -0.150. The summed E-state index contributed by atoms with van der Waals surface area (Å²) in [6.45, 7) is 20.8. The number of amides is 1. The summed E-state index contributed by atoms with van der Waals surface area (Å²) in [6, 6.07) is -0.764. The average molecular weight is 531 g/mol. The minimum atomic E-state index is -2.37. The summed E-state index contributed by atoms with van der Waals surface area (Å²) in [5.74, 6) is -1.12. The molecular weight excluding hydrogens is 488 g/mol. The number of carbonyl (C=O) groups is 3. The van der Waals surface area contributed by atoms with Crippen LogP contribution in [0.2, 0.25) is 18.1 Å². The molecule has 2 atom stereocenters. The fourth-order valence-corrected chi connectivity index (χ4v) is 4.72. The van der Waals surface area contributed by atoms with Crippen molar-refractivity contribution in [1.29, 1.82) is 0 Å². The molecule has 35 heavy (non-hydrogen) atoms. The Morgan fingerprint density at radius 1 is 1.00 bits per heavy atom. The zero-order chi connectivity index (χ0) is 27.4. The number of carbonyl (C=O) groups excluding carboxylic acids is 3. The lowest BCUT2D eigenvalue weighted by Gasteiger charge is -2.39. The topological polar surface area (TPSA) is 113 Å². The van der Waals surface area contributed by atoms with Crippen LogP contribution in [-0.2, 0) is 23.4 Å². The van der Waals surface area contributed by atoms with Crippen LogP contribution >= 0.6 is 11.3 Å². The van der Waals surface area contributed by atoms with Gasteiger partial charge in [0.1, 0.15) is 22.3 Å². The Morgan fingerprint density at radius 3 is 2.00 bits per heavy atom. The number of nitrogens with zero attached hydrogens (tertiary/aromatic N) is 1. The number of methoxy groups -OCH3 is 1. The highest BCUT2D eigenvalue weighted by atomic mass is 32.1. The monoisotopic (exact) mass is 530 g/mol. The SMILES string of the molecule is COC(=O)[C@H](C[C@H](NC(=O)OC(C)(C)C)c1nc(C(=O)OC(C)(C)C)cs1)O[Si](C)(C)C(C)(C)C. The Morgan fingerprint density at radius 2 is 1.54 bits per heavy atom. The summed E-state index contributed by atoms with van der Waals surface area (Å²) in [5.41, 5.74) is -1.28. The van der Waals surface area contributed by atoms with Gasteiger partial charge in [-0.1, -0.05) is 20.8 Å². The van der Waals surface area contributed by atoms with Gasteiger partial charge in [0.05, 0.1) is 13.2 Å². The molecule has 0 aliphatic heterocycles. The minimum Gasteiger partial charge on any atom is -0.467 e. The van der Waals surface area contributed by atoms with Crippen LogP contribution < -0.4 is 5.32 Å². The van der Waals surface area contributed by atoms with Crippen molar-refractivity contribution in [2.75, 3.05) is 7.11 Å². The first-order chi connectivity index (χ1) is 15.6. The number of alkyl carbamates (subject to hydrolysis) is 1. The maximum Gasteiger partial charge on any atom is 0.408 e. The summed E-state index contributed by atoms with van der Waals surface area (Å²) in [7, 11) is -1.07. The maximum atomic E-state index is 12.7. The normalized spacial score (nSPS) is 14.6. The summed E-state index contributed by atoms with van der Waals surface area (Å²) in [5, 5.41) is 4.62. The van der Waals surface area contributed by atoms with Gasteiger partial charge in [0.25, 0.3) is 0 Å². The van der Waals surface area contributed by atoms with Gasteiger partial charge in [0.15, 0.2) is 14.0 Å². The average Bonchev–Trinajstić information content (AvgIpc) is 3.12. The molecule has 0 bridgehead atoms. The number of aromatic nitrogens is 1. The van der Waals surface area contributed by atoms with Crippen molar-refractivity contribution >= 4 is 37.7 Å². The van der Waals surface area contributed by atoms with Crippen LogP contribution in [0.25, 0.3) is 0 Å². The summed E-state index contributed by atoms with van der Waals surface area (Å²) < 4.78 is 22.2. The van der Waals surface area contributed by atoms with Crippen molar-refractivity contribution < 1.29 is 33.0 Å². The third-order valence-electron chi connectivity index (χ3n) is 5.28. The quantitative estimate of drug-likeness (QED) is 0.262. The number of nitrogens with one attached hydrogen (secondary N) is 1. The van der Waals surface area contributed by atoms with Crippen LogP contribution in [0.3, 0.4) is 0 Å². The van der Waals surface area contributed by atoms with Gasteiger partial charge in [0, 0.05) is 11.8 Å². The standard InChI is InChI=1S/C24H42N2O7SSi/c1-22(2,3)31-19(27)16-14-34-18(25-16)15(26-21(29)32-23(4,5)6)13-17(20(28)30-10)33-35(11,12)24(7,8)9/h14-15,17H,13H2,1-12H3,(H,26,29)/t15-,17-/m0/s1. The highest BCUT2D eigenvalue weighted by Crippen LogP contribution is 2.38. The van der Waals surface area contributed by atoms with E-state index < -0.39 is 49.7 Å². The van der Waals surface area contributed by atoms with E-state index in [1.807, 2.05) is 13.1 Å². The Hall–Kier alpha value is -1.98. The van der Waals surface area contributed by atoms with Crippen molar-refractivity contribution in [3.8, 4) is 0 Å². The second-order valence-electron chi connectivity index (χ2n) is 11.9. The molecule has 0 fully saturated rings. The van der Waals surface area contributed by atoms with Crippen molar-refractivity contribution in [1.82, 2.24) is 10.3 Å². The van der Waals surface area contributed by atoms with E-state index in [2.05, 4.69) is 31.1 Å². The van der Waals surface area contributed by atoms with Crippen LogP contribution in [0.1, 0.15) is 90.3 Å². The molecule has 0 aliphatic carbocycles. The molecule has 1 heterocycles. The number of hydrogen-bond acceptors (Lipinski definition) is 9. The lowest BCUT2D eigenvalue weighted by atomic mass is 10.1. The summed E-state index contributed by atoms with van der Waals surface area (Å²) in [4.78, 5) is 42.3.